The number of anilines is 1. The van der Waals surface area contributed by atoms with Crippen molar-refractivity contribution in [2.75, 3.05) is 12.0 Å². The average Bonchev–Trinajstić information content (AvgIpc) is 2.83. The molecule has 2 N–H and O–H groups in total. The van der Waals surface area contributed by atoms with Crippen LogP contribution in [0.1, 0.15) is 0 Å². The van der Waals surface area contributed by atoms with E-state index in [1.165, 1.54) is 12.1 Å². The lowest BCUT2D eigenvalue weighted by atomic mass is 10.2. The van der Waals surface area contributed by atoms with Crippen LogP contribution in [-0.2, 0) is 9.84 Å². The number of fused-ring (bicyclic) bond motifs is 1. The smallest absolute Gasteiger partial charge is 0.227 e. The Bertz CT molecular complexity index is 948. The third-order valence-electron chi connectivity index (χ3n) is 3.03. The van der Waals surface area contributed by atoms with Crippen LogP contribution < -0.4 is 5.73 Å². The molecule has 1 heterocycles. The quantitative estimate of drug-likeness (QED) is 0.703. The summed E-state index contributed by atoms with van der Waals surface area (Å²) >= 11 is 3.33. The molecule has 108 valence electrons. The summed E-state index contributed by atoms with van der Waals surface area (Å²) in [5, 5.41) is 0. The van der Waals surface area contributed by atoms with Crippen LogP contribution in [0.15, 0.2) is 50.2 Å². The number of sulfone groups is 1. The summed E-state index contributed by atoms with van der Waals surface area (Å²) in [6, 6.07) is 9.98. The van der Waals surface area contributed by atoms with Gasteiger partial charge in [0.1, 0.15) is 5.52 Å². The summed E-state index contributed by atoms with van der Waals surface area (Å²) in [7, 11) is -3.27. The van der Waals surface area contributed by atoms with E-state index in [1.54, 1.807) is 12.1 Å². The highest BCUT2D eigenvalue weighted by molar-refractivity contribution is 9.10. The van der Waals surface area contributed by atoms with Crippen molar-refractivity contribution in [3.8, 4) is 11.5 Å². The highest BCUT2D eigenvalue weighted by Crippen LogP contribution is 2.29. The van der Waals surface area contributed by atoms with E-state index in [4.69, 9.17) is 10.2 Å². The molecule has 3 rings (SSSR count). The number of benzene rings is 2. The van der Waals surface area contributed by atoms with E-state index in [0.29, 0.717) is 22.7 Å². The molecule has 0 unspecified atom stereocenters. The van der Waals surface area contributed by atoms with Crippen LogP contribution in [0, 0.1) is 0 Å². The van der Waals surface area contributed by atoms with Gasteiger partial charge < -0.3 is 10.2 Å². The van der Waals surface area contributed by atoms with Gasteiger partial charge in [-0.05, 0) is 52.3 Å². The Kier molecular flexibility index (Phi) is 3.26. The molecule has 5 nitrogen and oxygen atoms in total. The fraction of sp³-hybridized carbons (Fsp3) is 0.0714. The van der Waals surface area contributed by atoms with Gasteiger partial charge in [-0.2, -0.15) is 0 Å². The summed E-state index contributed by atoms with van der Waals surface area (Å²) < 4.78 is 29.5. The number of nitrogens with two attached hydrogens (primary N) is 1. The van der Waals surface area contributed by atoms with Crippen LogP contribution in [0.25, 0.3) is 22.6 Å². The Balaban J connectivity index is 2.14. The van der Waals surface area contributed by atoms with Crippen LogP contribution in [0.2, 0.25) is 0 Å². The Hall–Kier alpha value is -1.86. The topological polar surface area (TPSA) is 86.2 Å². The normalized spacial score (nSPS) is 11.9. The molecule has 0 aliphatic carbocycles. The molecule has 21 heavy (non-hydrogen) atoms. The molecular weight excluding hydrogens is 356 g/mol. The summed E-state index contributed by atoms with van der Waals surface area (Å²) in [6.45, 7) is 0. The zero-order valence-electron chi connectivity index (χ0n) is 11.0. The van der Waals surface area contributed by atoms with Gasteiger partial charge in [-0.1, -0.05) is 0 Å². The molecule has 0 aliphatic rings. The van der Waals surface area contributed by atoms with Gasteiger partial charge in [0, 0.05) is 22.0 Å². The predicted molar refractivity (Wildman–Crippen MR) is 84.7 cm³/mol. The summed E-state index contributed by atoms with van der Waals surface area (Å²) in [6.07, 6.45) is 1.16. The minimum atomic E-state index is -3.27. The second kappa shape index (κ2) is 4.85. The minimum Gasteiger partial charge on any atom is -0.436 e. The lowest BCUT2D eigenvalue weighted by Crippen LogP contribution is -1.96. The number of nitrogens with zero attached hydrogens (tertiary/aromatic N) is 1. The van der Waals surface area contributed by atoms with Crippen LogP contribution in [0.4, 0.5) is 5.69 Å². The Morgan fingerprint density at radius 1 is 1.19 bits per heavy atom. The molecule has 2 aromatic carbocycles. The fourth-order valence-electron chi connectivity index (χ4n) is 1.94. The van der Waals surface area contributed by atoms with Crippen molar-refractivity contribution in [1.29, 1.82) is 0 Å². The van der Waals surface area contributed by atoms with E-state index in [2.05, 4.69) is 20.9 Å². The largest absolute Gasteiger partial charge is 0.436 e. The first-order chi connectivity index (χ1) is 9.84. The van der Waals surface area contributed by atoms with Crippen molar-refractivity contribution in [3.05, 3.63) is 40.9 Å². The summed E-state index contributed by atoms with van der Waals surface area (Å²) in [4.78, 5) is 4.54. The molecule has 0 amide bonds. The van der Waals surface area contributed by atoms with Crippen LogP contribution in [0.5, 0.6) is 0 Å². The van der Waals surface area contributed by atoms with E-state index in [0.717, 1.165) is 16.3 Å². The van der Waals surface area contributed by atoms with E-state index in [-0.39, 0.29) is 4.90 Å². The number of hydrogen-bond donors (Lipinski definition) is 1. The van der Waals surface area contributed by atoms with E-state index >= 15 is 0 Å². The monoisotopic (exact) mass is 366 g/mol. The zero-order valence-corrected chi connectivity index (χ0v) is 13.4. The minimum absolute atomic E-state index is 0.213. The lowest BCUT2D eigenvalue weighted by molar-refractivity contribution is 0.602. The molecule has 3 aromatic rings. The van der Waals surface area contributed by atoms with E-state index < -0.39 is 9.84 Å². The van der Waals surface area contributed by atoms with Gasteiger partial charge in [0.05, 0.1) is 4.90 Å². The van der Waals surface area contributed by atoms with Gasteiger partial charge in [0.2, 0.25) is 5.89 Å². The van der Waals surface area contributed by atoms with Gasteiger partial charge in [0.15, 0.2) is 15.4 Å². The number of aromatic nitrogens is 1. The fourth-order valence-corrected chi connectivity index (χ4v) is 2.83. The highest BCUT2D eigenvalue weighted by atomic mass is 79.9. The van der Waals surface area contributed by atoms with Crippen LogP contribution >= 0.6 is 15.9 Å². The highest BCUT2D eigenvalue weighted by Gasteiger charge is 2.13. The molecule has 7 heteroatoms. The number of rotatable bonds is 2. The van der Waals surface area contributed by atoms with Crippen LogP contribution in [0.3, 0.4) is 0 Å². The average molecular weight is 367 g/mol. The SMILES string of the molecule is CS(=O)(=O)c1ccc2oc(-c3ccc(Br)c(N)c3)nc2c1. The first-order valence-electron chi connectivity index (χ1n) is 6.00. The molecule has 0 bridgehead atoms. The van der Waals surface area contributed by atoms with Gasteiger partial charge in [-0.25, -0.2) is 13.4 Å². The third-order valence-corrected chi connectivity index (χ3v) is 4.86. The second-order valence-corrected chi connectivity index (χ2v) is 7.53. The van der Waals surface area contributed by atoms with E-state index in [1.807, 2.05) is 12.1 Å². The van der Waals surface area contributed by atoms with Crippen molar-refractivity contribution in [1.82, 2.24) is 4.98 Å². The first-order valence-corrected chi connectivity index (χ1v) is 8.69. The third kappa shape index (κ3) is 2.66. The van der Waals surface area contributed by atoms with Crippen molar-refractivity contribution in [2.24, 2.45) is 0 Å². The molecule has 0 saturated carbocycles. The van der Waals surface area contributed by atoms with Crippen molar-refractivity contribution >= 4 is 42.6 Å². The maximum atomic E-state index is 11.6. The standard InChI is InChI=1S/C14H11BrN2O3S/c1-21(18,19)9-3-5-13-12(7-9)17-14(20-13)8-2-4-10(15)11(16)6-8/h2-7H,16H2,1H3. The molecule has 0 fully saturated rings. The molecule has 0 spiro atoms. The Morgan fingerprint density at radius 3 is 2.62 bits per heavy atom. The van der Waals surface area contributed by atoms with Crippen molar-refractivity contribution in [2.45, 2.75) is 4.90 Å². The van der Waals surface area contributed by atoms with Gasteiger partial charge in [0.25, 0.3) is 0 Å². The Morgan fingerprint density at radius 2 is 1.95 bits per heavy atom. The van der Waals surface area contributed by atoms with Gasteiger partial charge >= 0.3 is 0 Å². The maximum Gasteiger partial charge on any atom is 0.227 e. The van der Waals surface area contributed by atoms with Gasteiger partial charge in [-0.15, -0.1) is 0 Å². The van der Waals surface area contributed by atoms with Crippen molar-refractivity contribution < 1.29 is 12.8 Å². The lowest BCUT2D eigenvalue weighted by Gasteiger charge is -1.99. The van der Waals surface area contributed by atoms with Crippen molar-refractivity contribution in [3.63, 3.8) is 0 Å². The van der Waals surface area contributed by atoms with Gasteiger partial charge in [-0.3, -0.25) is 0 Å². The molecule has 0 aliphatic heterocycles. The molecule has 1 aromatic heterocycles. The molecular formula is C14H11BrN2O3S. The molecule has 0 atom stereocenters. The summed E-state index contributed by atoms with van der Waals surface area (Å²) in [5.41, 5.74) is 8.16. The van der Waals surface area contributed by atoms with Crippen LogP contribution in [-0.4, -0.2) is 19.7 Å². The number of oxazole rings is 1. The first kappa shape index (κ1) is 14.1. The maximum absolute atomic E-state index is 11.6. The van der Waals surface area contributed by atoms with E-state index in [9.17, 15) is 8.42 Å². The summed E-state index contributed by atoms with van der Waals surface area (Å²) in [5.74, 6) is 0.398. The Labute approximate surface area is 129 Å². The molecule has 0 saturated heterocycles. The zero-order chi connectivity index (χ0) is 15.2. The second-order valence-electron chi connectivity index (χ2n) is 4.66. The molecule has 0 radical (unpaired) electrons. The number of nitrogen functional groups attached to an aromatic ring is 1. The number of hydrogen-bond acceptors (Lipinski definition) is 5. The number of halogens is 1. The predicted octanol–water partition coefficient (Wildman–Crippen LogP) is 3.24.